The first-order valence-electron chi connectivity index (χ1n) is 16.4. The molecule has 0 spiro atoms. The van der Waals surface area contributed by atoms with Gasteiger partial charge >= 0.3 is 0 Å². The molecule has 49 heavy (non-hydrogen) atoms. The summed E-state index contributed by atoms with van der Waals surface area (Å²) in [5, 5.41) is 27.5. The molecule has 10 rings (SSSR count). The zero-order valence-electron chi connectivity index (χ0n) is 26.3. The van der Waals surface area contributed by atoms with Gasteiger partial charge in [-0.3, -0.25) is 0 Å². The van der Waals surface area contributed by atoms with Gasteiger partial charge in [0.15, 0.2) is 0 Å². The lowest BCUT2D eigenvalue weighted by Crippen LogP contribution is -2.13. The van der Waals surface area contributed by atoms with Crippen LogP contribution in [0.15, 0.2) is 150 Å². The van der Waals surface area contributed by atoms with E-state index in [4.69, 9.17) is 4.42 Å². The minimum absolute atomic E-state index is 0.206. The smallest absolute Gasteiger partial charge is 0.136 e. The molecule has 0 N–H and O–H groups in total. The summed E-state index contributed by atoms with van der Waals surface area (Å²) in [4.78, 5) is 0. The Balaban J connectivity index is 1.18. The van der Waals surface area contributed by atoms with Gasteiger partial charge in [0.1, 0.15) is 11.2 Å². The topological polar surface area (TPSA) is 70.6 Å². The second-order valence-corrected chi connectivity index (χ2v) is 12.7. The summed E-state index contributed by atoms with van der Waals surface area (Å²) in [6.07, 6.45) is 4.87. The Kier molecular flexibility index (Phi) is 5.76. The number of benzene rings is 6. The summed E-state index contributed by atoms with van der Waals surface area (Å²) in [6.45, 7) is 0. The maximum atomic E-state index is 10.8. The van der Waals surface area contributed by atoms with Crippen LogP contribution in [0.4, 0.5) is 0 Å². The molecule has 0 aliphatic heterocycles. The van der Waals surface area contributed by atoms with Crippen molar-refractivity contribution in [3.63, 3.8) is 0 Å². The van der Waals surface area contributed by atoms with Gasteiger partial charge in [-0.1, -0.05) is 78.9 Å². The molecule has 0 saturated carbocycles. The predicted octanol–water partition coefficient (Wildman–Crippen LogP) is 11.1. The third-order valence-electron chi connectivity index (χ3n) is 10.1. The van der Waals surface area contributed by atoms with E-state index in [2.05, 4.69) is 118 Å². The van der Waals surface area contributed by atoms with Crippen LogP contribution in [0.3, 0.4) is 0 Å². The van der Waals surface area contributed by atoms with Crippen LogP contribution >= 0.6 is 0 Å². The second kappa shape index (κ2) is 10.3. The number of hydrogen-bond donors (Lipinski definition) is 0. The minimum Gasteiger partial charge on any atom is -0.456 e. The molecule has 0 amide bonds. The molecule has 6 aromatic carbocycles. The average Bonchev–Trinajstić information content (AvgIpc) is 3.82. The van der Waals surface area contributed by atoms with E-state index in [0.717, 1.165) is 71.6 Å². The molecule has 5 heteroatoms. The van der Waals surface area contributed by atoms with E-state index in [-0.39, 0.29) is 6.04 Å². The van der Waals surface area contributed by atoms with Crippen molar-refractivity contribution in [1.82, 2.24) is 9.13 Å². The van der Waals surface area contributed by atoms with E-state index in [0.29, 0.717) is 17.6 Å². The fourth-order valence-corrected chi connectivity index (χ4v) is 8.08. The summed E-state index contributed by atoms with van der Waals surface area (Å²) in [5.41, 5.74) is 10.1. The molecule has 5 nitrogen and oxygen atoms in total. The fourth-order valence-electron chi connectivity index (χ4n) is 8.08. The monoisotopic (exact) mass is 626 g/mol. The number of allylic oxidation sites excluding steroid dienone is 4. The Morgan fingerprint density at radius 3 is 2.00 bits per heavy atom. The third kappa shape index (κ3) is 3.85. The SMILES string of the molecule is N#CC1=CC(c2cc(C#N)ccc2-n2c3ccccc3c3ccccc32)=CCC1n1c2ccccc2c2c3c(ccc21)oc1ccccc13. The van der Waals surface area contributed by atoms with Crippen molar-refractivity contribution in [2.24, 2.45) is 0 Å². The molecule has 9 aromatic rings. The molecular weight excluding hydrogens is 601 g/mol. The fraction of sp³-hybridized carbons (Fsp3) is 0.0455. The number of aromatic nitrogens is 2. The van der Waals surface area contributed by atoms with Crippen molar-refractivity contribution in [2.75, 3.05) is 0 Å². The van der Waals surface area contributed by atoms with Crippen molar-refractivity contribution in [3.05, 3.63) is 156 Å². The van der Waals surface area contributed by atoms with Crippen molar-refractivity contribution in [3.8, 4) is 17.8 Å². The number of furan rings is 1. The summed E-state index contributed by atoms with van der Waals surface area (Å²) >= 11 is 0. The molecule has 1 unspecified atom stereocenters. The first kappa shape index (κ1) is 27.3. The number of para-hydroxylation sites is 4. The van der Waals surface area contributed by atoms with E-state index < -0.39 is 0 Å². The van der Waals surface area contributed by atoms with Crippen LogP contribution in [0, 0.1) is 22.7 Å². The molecule has 3 aromatic heterocycles. The van der Waals surface area contributed by atoms with Gasteiger partial charge in [0, 0.05) is 43.4 Å². The van der Waals surface area contributed by atoms with Crippen molar-refractivity contribution in [2.45, 2.75) is 12.5 Å². The Morgan fingerprint density at radius 1 is 0.592 bits per heavy atom. The van der Waals surface area contributed by atoms with Crippen LogP contribution in [0.1, 0.15) is 23.6 Å². The van der Waals surface area contributed by atoms with Gasteiger partial charge in [0.25, 0.3) is 0 Å². The van der Waals surface area contributed by atoms with Gasteiger partial charge in [0.2, 0.25) is 0 Å². The Morgan fingerprint density at radius 2 is 1.27 bits per heavy atom. The first-order valence-corrected chi connectivity index (χ1v) is 16.4. The van der Waals surface area contributed by atoms with Gasteiger partial charge in [-0.05, 0) is 72.7 Å². The normalized spacial score (nSPS) is 14.9. The third-order valence-corrected chi connectivity index (χ3v) is 10.1. The van der Waals surface area contributed by atoms with Gasteiger partial charge in [-0.2, -0.15) is 10.5 Å². The molecule has 0 bridgehead atoms. The summed E-state index contributed by atoms with van der Waals surface area (Å²) in [7, 11) is 0. The Hall–Kier alpha value is -6.82. The lowest BCUT2D eigenvalue weighted by atomic mass is 9.89. The highest BCUT2D eigenvalue weighted by molar-refractivity contribution is 6.27. The van der Waals surface area contributed by atoms with E-state index in [1.807, 2.05) is 42.5 Å². The molecule has 228 valence electrons. The molecule has 1 aliphatic carbocycles. The Labute approximate surface area is 281 Å². The van der Waals surface area contributed by atoms with Gasteiger partial charge in [-0.25, -0.2) is 0 Å². The quantitative estimate of drug-likeness (QED) is 0.196. The molecule has 0 fully saturated rings. The lowest BCUT2D eigenvalue weighted by molar-refractivity contribution is 0.627. The second-order valence-electron chi connectivity index (χ2n) is 12.7. The number of fused-ring (bicyclic) bond motifs is 10. The standard InChI is InChI=1S/C44H26N4O/c45-25-27-17-19-39(48-36-13-5-1-9-30(36)31-10-2-6-14-37(31)48)34(23-27)28-18-20-35(29(24-28)26-46)47-38-15-7-3-11-32(38)43-40(47)21-22-42-44(43)33-12-4-8-16-41(33)49-42/h1-19,21-24,35H,20H2. The molecular formula is C44H26N4O. The van der Waals surface area contributed by atoms with E-state index in [9.17, 15) is 10.5 Å². The van der Waals surface area contributed by atoms with E-state index in [1.54, 1.807) is 0 Å². The first-order chi connectivity index (χ1) is 24.2. The summed E-state index contributed by atoms with van der Waals surface area (Å²) in [6, 6.07) is 48.3. The minimum atomic E-state index is -0.206. The van der Waals surface area contributed by atoms with Crippen LogP contribution in [-0.4, -0.2) is 9.13 Å². The zero-order chi connectivity index (χ0) is 32.6. The highest BCUT2D eigenvalue weighted by atomic mass is 16.3. The molecule has 0 saturated heterocycles. The maximum Gasteiger partial charge on any atom is 0.136 e. The molecule has 1 aliphatic rings. The van der Waals surface area contributed by atoms with Crippen molar-refractivity contribution in [1.29, 1.82) is 10.5 Å². The van der Waals surface area contributed by atoms with Crippen LogP contribution in [0.5, 0.6) is 0 Å². The zero-order valence-corrected chi connectivity index (χ0v) is 26.3. The number of rotatable bonds is 3. The number of nitriles is 2. The van der Waals surface area contributed by atoms with E-state index in [1.165, 1.54) is 10.8 Å². The highest BCUT2D eigenvalue weighted by Gasteiger charge is 2.27. The van der Waals surface area contributed by atoms with Gasteiger partial charge in [0.05, 0.1) is 51.6 Å². The molecule has 3 heterocycles. The van der Waals surface area contributed by atoms with Gasteiger partial charge in [-0.15, -0.1) is 0 Å². The molecule has 0 radical (unpaired) electrons. The van der Waals surface area contributed by atoms with Crippen LogP contribution < -0.4 is 0 Å². The predicted molar refractivity (Wildman–Crippen MR) is 198 cm³/mol. The van der Waals surface area contributed by atoms with Crippen LogP contribution in [0.25, 0.3) is 76.8 Å². The van der Waals surface area contributed by atoms with E-state index >= 15 is 0 Å². The Bertz CT molecular complexity index is 2950. The van der Waals surface area contributed by atoms with Crippen molar-refractivity contribution >= 4 is 71.1 Å². The lowest BCUT2D eigenvalue weighted by Gasteiger charge is -2.25. The summed E-state index contributed by atoms with van der Waals surface area (Å²) < 4.78 is 10.9. The number of hydrogen-bond acceptors (Lipinski definition) is 3. The van der Waals surface area contributed by atoms with Crippen molar-refractivity contribution < 1.29 is 4.42 Å². The largest absolute Gasteiger partial charge is 0.456 e. The summed E-state index contributed by atoms with van der Waals surface area (Å²) in [5.74, 6) is 0. The average molecular weight is 627 g/mol. The molecule has 1 atom stereocenters. The highest BCUT2D eigenvalue weighted by Crippen LogP contribution is 2.45. The van der Waals surface area contributed by atoms with Crippen LogP contribution in [-0.2, 0) is 0 Å². The number of nitrogens with zero attached hydrogens (tertiary/aromatic N) is 4. The van der Waals surface area contributed by atoms with Crippen LogP contribution in [0.2, 0.25) is 0 Å². The van der Waals surface area contributed by atoms with Gasteiger partial charge < -0.3 is 13.6 Å². The maximum absolute atomic E-state index is 10.8.